The van der Waals surface area contributed by atoms with Crippen LogP contribution in [-0.4, -0.2) is 46.5 Å². The van der Waals surface area contributed by atoms with Gasteiger partial charge in [-0.1, -0.05) is 17.7 Å². The number of hydrogen-bond donors (Lipinski definition) is 3. The van der Waals surface area contributed by atoms with Gasteiger partial charge in [0.05, 0.1) is 18.0 Å². The molecule has 0 radical (unpaired) electrons. The lowest BCUT2D eigenvalue weighted by Crippen LogP contribution is -2.44. The van der Waals surface area contributed by atoms with Crippen LogP contribution in [0.1, 0.15) is 19.4 Å². The van der Waals surface area contributed by atoms with Crippen molar-refractivity contribution in [2.45, 2.75) is 31.3 Å². The molecule has 1 atom stereocenters. The molecule has 0 aromatic heterocycles. The van der Waals surface area contributed by atoms with Gasteiger partial charge in [0.2, 0.25) is 15.9 Å². The highest BCUT2D eigenvalue weighted by atomic mass is 35.5. The minimum absolute atomic E-state index is 0.00879. The van der Waals surface area contributed by atoms with Crippen LogP contribution in [0.4, 0.5) is 0 Å². The third-order valence-electron chi connectivity index (χ3n) is 4.28. The smallest absolute Gasteiger partial charge is 0.257 e. The monoisotopic (exact) mass is 483 g/mol. The van der Waals surface area contributed by atoms with Crippen LogP contribution in [0.2, 0.25) is 5.02 Å². The number of hydrogen-bond acceptors (Lipinski definition) is 6. The number of nitrogens with one attached hydrogen (secondary N) is 3. The maximum absolute atomic E-state index is 12.4. The zero-order valence-electron chi connectivity index (χ0n) is 18.0. The Morgan fingerprint density at radius 3 is 2.38 bits per heavy atom. The number of rotatable bonds is 11. The number of methoxy groups -OCH3 is 1. The molecule has 2 aromatic carbocycles. The van der Waals surface area contributed by atoms with E-state index in [2.05, 4.69) is 15.4 Å². The van der Waals surface area contributed by atoms with Gasteiger partial charge < -0.3 is 20.1 Å². The van der Waals surface area contributed by atoms with Crippen LogP contribution in [0, 0.1) is 0 Å². The first kappa shape index (κ1) is 25.4. The van der Waals surface area contributed by atoms with Crippen LogP contribution in [0.3, 0.4) is 0 Å². The third-order valence-corrected chi connectivity index (χ3v) is 6.09. The Kier molecular flexibility index (Phi) is 9.30. The van der Waals surface area contributed by atoms with Crippen LogP contribution in [-0.2, 0) is 26.2 Å². The highest BCUT2D eigenvalue weighted by Gasteiger charge is 2.22. The number of carbonyl (C=O) groups excluding carboxylic acids is 2. The van der Waals surface area contributed by atoms with Crippen LogP contribution in [0.5, 0.6) is 11.5 Å². The van der Waals surface area contributed by atoms with Crippen molar-refractivity contribution in [3.05, 3.63) is 53.1 Å². The van der Waals surface area contributed by atoms with Gasteiger partial charge in [-0.25, -0.2) is 8.42 Å². The second-order valence-electron chi connectivity index (χ2n) is 6.74. The third kappa shape index (κ3) is 7.40. The highest BCUT2D eigenvalue weighted by Crippen LogP contribution is 2.28. The Balaban J connectivity index is 1.95. The molecule has 0 saturated carbocycles. The summed E-state index contributed by atoms with van der Waals surface area (Å²) in [5, 5.41) is 5.71. The lowest BCUT2D eigenvalue weighted by molar-refractivity contribution is -0.123. The summed E-state index contributed by atoms with van der Waals surface area (Å²) in [6.07, 6.45) is 0. The Morgan fingerprint density at radius 1 is 1.06 bits per heavy atom. The minimum Gasteiger partial charge on any atom is -0.493 e. The second kappa shape index (κ2) is 11.7. The van der Waals surface area contributed by atoms with Crippen molar-refractivity contribution in [3.63, 3.8) is 0 Å². The molecule has 0 aliphatic rings. The molecule has 2 amide bonds. The molecular formula is C21H26ClN3O6S. The van der Waals surface area contributed by atoms with Crippen molar-refractivity contribution in [2.75, 3.05) is 20.3 Å². The van der Waals surface area contributed by atoms with Gasteiger partial charge in [-0.2, -0.15) is 4.72 Å². The van der Waals surface area contributed by atoms with Crippen molar-refractivity contribution < 1.29 is 27.5 Å². The Morgan fingerprint density at radius 2 is 1.75 bits per heavy atom. The van der Waals surface area contributed by atoms with E-state index in [-0.39, 0.29) is 24.0 Å². The number of benzene rings is 2. The standard InChI is InChI=1S/C21H26ClN3O6S/c1-4-23-20(26)13-31-18-10-5-15(11-19(18)30-3)12-24-21(27)14(2)25-32(28,29)17-8-6-16(22)7-9-17/h5-11,14,25H,4,12-13H2,1-3H3,(H,23,26)(H,24,27)/t14-/m0/s1. The van der Waals surface area contributed by atoms with Crippen molar-refractivity contribution in [1.29, 1.82) is 0 Å². The van der Waals surface area contributed by atoms with E-state index in [4.69, 9.17) is 21.1 Å². The van der Waals surface area contributed by atoms with E-state index in [1.165, 1.54) is 38.3 Å². The quantitative estimate of drug-likeness (QED) is 0.448. The van der Waals surface area contributed by atoms with Gasteiger partial charge in [0.15, 0.2) is 18.1 Å². The zero-order chi connectivity index (χ0) is 23.7. The molecule has 32 heavy (non-hydrogen) atoms. The number of likely N-dealkylation sites (N-methyl/N-ethyl adjacent to an activating group) is 1. The molecule has 174 valence electrons. The molecule has 2 rings (SSSR count). The average molecular weight is 484 g/mol. The van der Waals surface area contributed by atoms with Gasteiger partial charge in [-0.15, -0.1) is 0 Å². The van der Waals surface area contributed by atoms with Crippen molar-refractivity contribution >= 4 is 33.4 Å². The number of halogens is 1. The van der Waals surface area contributed by atoms with Gasteiger partial charge in [0.25, 0.3) is 5.91 Å². The number of sulfonamides is 1. The average Bonchev–Trinajstić information content (AvgIpc) is 2.76. The first-order valence-electron chi connectivity index (χ1n) is 9.78. The Bertz CT molecular complexity index is 1040. The van der Waals surface area contributed by atoms with E-state index in [1.807, 2.05) is 6.92 Å². The highest BCUT2D eigenvalue weighted by molar-refractivity contribution is 7.89. The molecule has 0 aliphatic carbocycles. The molecule has 2 aromatic rings. The first-order valence-corrected chi connectivity index (χ1v) is 11.6. The van der Waals surface area contributed by atoms with E-state index in [9.17, 15) is 18.0 Å². The lowest BCUT2D eigenvalue weighted by Gasteiger charge is -2.15. The van der Waals surface area contributed by atoms with Gasteiger partial charge in [-0.3, -0.25) is 9.59 Å². The molecular weight excluding hydrogens is 458 g/mol. The van der Waals surface area contributed by atoms with Crippen LogP contribution < -0.4 is 24.8 Å². The molecule has 0 saturated heterocycles. The molecule has 0 bridgehead atoms. The van der Waals surface area contributed by atoms with Crippen LogP contribution >= 0.6 is 11.6 Å². The largest absolute Gasteiger partial charge is 0.493 e. The summed E-state index contributed by atoms with van der Waals surface area (Å²) in [6, 6.07) is 9.63. The van der Waals surface area contributed by atoms with E-state index in [1.54, 1.807) is 18.2 Å². The summed E-state index contributed by atoms with van der Waals surface area (Å²) in [6.45, 7) is 3.75. The molecule has 3 N–H and O–H groups in total. The SMILES string of the molecule is CCNC(=O)COc1ccc(CNC(=O)[C@H](C)NS(=O)(=O)c2ccc(Cl)cc2)cc1OC. The van der Waals surface area contributed by atoms with Crippen molar-refractivity contribution in [2.24, 2.45) is 0 Å². The van der Waals surface area contributed by atoms with E-state index < -0.39 is 22.0 Å². The van der Waals surface area contributed by atoms with Crippen molar-refractivity contribution in [3.8, 4) is 11.5 Å². The van der Waals surface area contributed by atoms with Crippen LogP contribution in [0.25, 0.3) is 0 Å². The maximum Gasteiger partial charge on any atom is 0.257 e. The zero-order valence-corrected chi connectivity index (χ0v) is 19.5. The van der Waals surface area contributed by atoms with E-state index in [0.717, 1.165) is 0 Å². The fourth-order valence-electron chi connectivity index (χ4n) is 2.64. The van der Waals surface area contributed by atoms with Gasteiger partial charge in [-0.05, 0) is 55.8 Å². The predicted molar refractivity (Wildman–Crippen MR) is 120 cm³/mol. The fourth-order valence-corrected chi connectivity index (χ4v) is 3.97. The summed E-state index contributed by atoms with van der Waals surface area (Å²) in [4.78, 5) is 23.9. The number of amides is 2. The lowest BCUT2D eigenvalue weighted by atomic mass is 10.2. The molecule has 0 heterocycles. The molecule has 9 nitrogen and oxygen atoms in total. The Labute approximate surface area is 192 Å². The van der Waals surface area contributed by atoms with Crippen molar-refractivity contribution in [1.82, 2.24) is 15.4 Å². The normalized spacial score (nSPS) is 12.0. The molecule has 0 spiro atoms. The summed E-state index contributed by atoms with van der Waals surface area (Å²) in [7, 11) is -2.41. The first-order chi connectivity index (χ1) is 15.2. The molecule has 11 heteroatoms. The van der Waals surface area contributed by atoms with Gasteiger partial charge in [0.1, 0.15) is 0 Å². The van der Waals surface area contributed by atoms with Crippen LogP contribution in [0.15, 0.2) is 47.4 Å². The topological polar surface area (TPSA) is 123 Å². The molecule has 0 aliphatic heterocycles. The molecule has 0 fully saturated rings. The van der Waals surface area contributed by atoms with Gasteiger partial charge >= 0.3 is 0 Å². The maximum atomic E-state index is 12.4. The van der Waals surface area contributed by atoms with Gasteiger partial charge in [0, 0.05) is 18.1 Å². The fraction of sp³-hybridized carbons (Fsp3) is 0.333. The predicted octanol–water partition coefficient (Wildman–Crippen LogP) is 1.85. The van der Waals surface area contributed by atoms with E-state index >= 15 is 0 Å². The minimum atomic E-state index is -3.88. The summed E-state index contributed by atoms with van der Waals surface area (Å²) >= 11 is 5.78. The number of carbonyl (C=O) groups is 2. The summed E-state index contributed by atoms with van der Waals surface area (Å²) in [5.74, 6) is 0.0365. The second-order valence-corrected chi connectivity index (χ2v) is 8.89. The summed E-state index contributed by atoms with van der Waals surface area (Å²) in [5.41, 5.74) is 0.702. The Hall–Kier alpha value is -2.82. The molecule has 0 unspecified atom stereocenters. The number of ether oxygens (including phenoxy) is 2. The van der Waals surface area contributed by atoms with E-state index in [0.29, 0.717) is 28.6 Å². The summed E-state index contributed by atoms with van der Waals surface area (Å²) < 4.78 is 37.9.